The molecule has 0 saturated carbocycles. The van der Waals surface area contributed by atoms with Gasteiger partial charge in [0.05, 0.1) is 12.3 Å². The Bertz CT molecular complexity index is 517. The smallest absolute Gasteiger partial charge is 0.165 e. The number of benzene rings is 1. The monoisotopic (exact) mass is 251 g/mol. The highest BCUT2D eigenvalue weighted by Crippen LogP contribution is 2.30. The average Bonchev–Trinajstić information content (AvgIpc) is 2.62. The van der Waals surface area contributed by atoms with E-state index in [4.69, 9.17) is 4.74 Å². The Balaban J connectivity index is 2.37. The van der Waals surface area contributed by atoms with Crippen molar-refractivity contribution in [1.29, 1.82) is 0 Å². The zero-order chi connectivity index (χ0) is 12.4. The van der Waals surface area contributed by atoms with Crippen LogP contribution in [-0.2, 0) is 0 Å². The van der Waals surface area contributed by atoms with Crippen LogP contribution in [0.5, 0.6) is 5.75 Å². The van der Waals surface area contributed by atoms with Crippen LogP contribution in [0.25, 0.3) is 10.6 Å². The number of rotatable bonds is 3. The van der Waals surface area contributed by atoms with Crippen LogP contribution >= 0.6 is 11.3 Å². The lowest BCUT2D eigenvalue weighted by atomic mass is 10.2. The number of aryl methyl sites for hydroxylation is 2. The van der Waals surface area contributed by atoms with Crippen molar-refractivity contribution in [2.24, 2.45) is 0 Å². The molecule has 0 radical (unpaired) electrons. The fraction of sp³-hybridized carbons (Fsp3) is 0.308. The Hall–Kier alpha value is -1.42. The molecule has 0 unspecified atom stereocenters. The van der Waals surface area contributed by atoms with Gasteiger partial charge < -0.3 is 4.74 Å². The molecule has 0 fully saturated rings. The molecule has 2 nitrogen and oxygen atoms in total. The zero-order valence-electron chi connectivity index (χ0n) is 10.1. The van der Waals surface area contributed by atoms with E-state index in [2.05, 4.69) is 4.98 Å². The minimum Gasteiger partial charge on any atom is -0.491 e. The fourth-order valence-corrected chi connectivity index (χ4v) is 2.41. The Labute approximate surface area is 104 Å². The molecule has 0 atom stereocenters. The Morgan fingerprint density at radius 1 is 1.35 bits per heavy atom. The number of ether oxygens (including phenoxy) is 1. The molecule has 2 aromatic rings. The molecule has 0 spiro atoms. The van der Waals surface area contributed by atoms with Crippen molar-refractivity contribution < 1.29 is 9.13 Å². The van der Waals surface area contributed by atoms with Crippen molar-refractivity contribution >= 4 is 11.3 Å². The maximum absolute atomic E-state index is 13.7. The van der Waals surface area contributed by atoms with E-state index in [9.17, 15) is 4.39 Å². The molecule has 0 aliphatic heterocycles. The number of halogens is 1. The number of aromatic nitrogens is 1. The molecule has 0 bridgehead atoms. The van der Waals surface area contributed by atoms with Crippen LogP contribution in [0.3, 0.4) is 0 Å². The third kappa shape index (κ3) is 2.47. The van der Waals surface area contributed by atoms with Gasteiger partial charge in [-0.1, -0.05) is 0 Å². The van der Waals surface area contributed by atoms with Crippen molar-refractivity contribution in [3.8, 4) is 16.3 Å². The molecule has 90 valence electrons. The van der Waals surface area contributed by atoms with E-state index in [0.717, 1.165) is 21.1 Å². The lowest BCUT2D eigenvalue weighted by molar-refractivity contribution is 0.321. The van der Waals surface area contributed by atoms with Crippen molar-refractivity contribution in [3.05, 3.63) is 34.6 Å². The number of hydrogen-bond donors (Lipinski definition) is 0. The minimum absolute atomic E-state index is 0.293. The topological polar surface area (TPSA) is 22.1 Å². The summed E-state index contributed by atoms with van der Waals surface area (Å²) in [4.78, 5) is 5.57. The predicted molar refractivity (Wildman–Crippen MR) is 68.2 cm³/mol. The highest BCUT2D eigenvalue weighted by molar-refractivity contribution is 7.15. The van der Waals surface area contributed by atoms with Gasteiger partial charge >= 0.3 is 0 Å². The second-order valence-electron chi connectivity index (χ2n) is 3.74. The van der Waals surface area contributed by atoms with Gasteiger partial charge in [-0.15, -0.1) is 11.3 Å². The van der Waals surface area contributed by atoms with Gasteiger partial charge in [-0.05, 0) is 39.0 Å². The molecular formula is C13H14FNOS. The van der Waals surface area contributed by atoms with Crippen LogP contribution in [-0.4, -0.2) is 11.6 Å². The average molecular weight is 251 g/mol. The molecule has 1 heterocycles. The van der Waals surface area contributed by atoms with Gasteiger partial charge in [0.25, 0.3) is 0 Å². The summed E-state index contributed by atoms with van der Waals surface area (Å²) in [7, 11) is 0. The van der Waals surface area contributed by atoms with Gasteiger partial charge in [0, 0.05) is 10.4 Å². The van der Waals surface area contributed by atoms with Gasteiger partial charge in [0.15, 0.2) is 11.6 Å². The minimum atomic E-state index is -0.338. The van der Waals surface area contributed by atoms with Gasteiger partial charge in [0.2, 0.25) is 0 Å². The Morgan fingerprint density at radius 2 is 2.12 bits per heavy atom. The van der Waals surface area contributed by atoms with Crippen molar-refractivity contribution in [3.63, 3.8) is 0 Å². The summed E-state index contributed by atoms with van der Waals surface area (Å²) in [6, 6.07) is 4.97. The van der Waals surface area contributed by atoms with E-state index in [1.807, 2.05) is 26.8 Å². The van der Waals surface area contributed by atoms with Crippen molar-refractivity contribution in [1.82, 2.24) is 4.98 Å². The summed E-state index contributed by atoms with van der Waals surface area (Å²) in [5.41, 5.74) is 1.80. The molecule has 0 saturated heterocycles. The fourth-order valence-electron chi connectivity index (χ4n) is 1.50. The summed E-state index contributed by atoms with van der Waals surface area (Å²) < 4.78 is 18.8. The van der Waals surface area contributed by atoms with E-state index in [0.29, 0.717) is 12.4 Å². The third-order valence-electron chi connectivity index (χ3n) is 2.51. The molecule has 2 rings (SSSR count). The first-order valence-electron chi connectivity index (χ1n) is 5.48. The molecular weight excluding hydrogens is 237 g/mol. The molecule has 17 heavy (non-hydrogen) atoms. The second kappa shape index (κ2) is 4.84. The third-order valence-corrected chi connectivity index (χ3v) is 3.63. The van der Waals surface area contributed by atoms with E-state index < -0.39 is 0 Å². The number of thiazole rings is 1. The van der Waals surface area contributed by atoms with Crippen molar-refractivity contribution in [2.75, 3.05) is 6.61 Å². The quantitative estimate of drug-likeness (QED) is 0.823. The first-order valence-corrected chi connectivity index (χ1v) is 6.30. The highest BCUT2D eigenvalue weighted by atomic mass is 32.1. The maximum atomic E-state index is 13.7. The summed E-state index contributed by atoms with van der Waals surface area (Å²) in [5, 5.41) is 0.849. The molecule has 1 aromatic heterocycles. The number of nitrogens with zero attached hydrogens (tertiary/aromatic N) is 1. The molecule has 0 amide bonds. The first-order chi connectivity index (χ1) is 8.11. The number of hydrogen-bond acceptors (Lipinski definition) is 3. The molecule has 0 aliphatic rings. The SMILES string of the molecule is CCOc1ccc(-c2nc(C)c(C)s2)cc1F. The summed E-state index contributed by atoms with van der Waals surface area (Å²) in [6.07, 6.45) is 0. The summed E-state index contributed by atoms with van der Waals surface area (Å²) in [5.74, 6) is -0.0453. The van der Waals surface area contributed by atoms with Crippen LogP contribution in [0, 0.1) is 19.7 Å². The van der Waals surface area contributed by atoms with E-state index >= 15 is 0 Å². The van der Waals surface area contributed by atoms with Crippen molar-refractivity contribution in [2.45, 2.75) is 20.8 Å². The predicted octanol–water partition coefficient (Wildman–Crippen LogP) is 3.96. The summed E-state index contributed by atoms with van der Waals surface area (Å²) >= 11 is 1.58. The van der Waals surface area contributed by atoms with Gasteiger partial charge in [-0.25, -0.2) is 9.37 Å². The van der Waals surface area contributed by atoms with Gasteiger partial charge in [-0.3, -0.25) is 0 Å². The Morgan fingerprint density at radius 3 is 2.65 bits per heavy atom. The zero-order valence-corrected chi connectivity index (χ0v) is 10.9. The van der Waals surface area contributed by atoms with E-state index in [-0.39, 0.29) is 5.82 Å². The van der Waals surface area contributed by atoms with Crippen LogP contribution in [0.2, 0.25) is 0 Å². The standard InChI is InChI=1S/C13H14FNOS/c1-4-16-12-6-5-10(7-11(12)14)13-15-8(2)9(3)17-13/h5-7H,4H2,1-3H3. The van der Waals surface area contributed by atoms with Crippen LogP contribution < -0.4 is 4.74 Å². The van der Waals surface area contributed by atoms with E-state index in [1.165, 1.54) is 6.07 Å². The lowest BCUT2D eigenvalue weighted by Crippen LogP contribution is -1.94. The molecule has 1 aromatic carbocycles. The molecule has 0 N–H and O–H groups in total. The summed E-state index contributed by atoms with van der Waals surface area (Å²) in [6.45, 7) is 6.27. The lowest BCUT2D eigenvalue weighted by Gasteiger charge is -2.05. The molecule has 0 aliphatic carbocycles. The maximum Gasteiger partial charge on any atom is 0.165 e. The molecule has 4 heteroatoms. The van der Waals surface area contributed by atoms with Gasteiger partial charge in [-0.2, -0.15) is 0 Å². The largest absolute Gasteiger partial charge is 0.491 e. The van der Waals surface area contributed by atoms with Gasteiger partial charge in [0.1, 0.15) is 5.01 Å². The Kier molecular flexibility index (Phi) is 3.43. The highest BCUT2D eigenvalue weighted by Gasteiger charge is 2.09. The van der Waals surface area contributed by atoms with E-state index in [1.54, 1.807) is 17.4 Å². The van der Waals surface area contributed by atoms with Crippen LogP contribution in [0.4, 0.5) is 4.39 Å². The van der Waals surface area contributed by atoms with Crippen LogP contribution in [0.15, 0.2) is 18.2 Å². The first kappa shape index (κ1) is 12.0. The van der Waals surface area contributed by atoms with Crippen LogP contribution in [0.1, 0.15) is 17.5 Å². The normalized spacial score (nSPS) is 10.6. The second-order valence-corrected chi connectivity index (χ2v) is 4.94.